The molecule has 0 bridgehead atoms. The number of anilines is 2. The van der Waals surface area contributed by atoms with E-state index >= 15 is 0 Å². The summed E-state index contributed by atoms with van der Waals surface area (Å²) >= 11 is 6.17. The van der Waals surface area contributed by atoms with E-state index in [1.165, 1.54) is 11.9 Å². The van der Waals surface area contributed by atoms with E-state index in [2.05, 4.69) is 57.4 Å². The maximum Gasteiger partial charge on any atom is 0.157 e. The Hall–Kier alpha value is -1.81. The lowest BCUT2D eigenvalue weighted by Crippen LogP contribution is -2.30. The van der Waals surface area contributed by atoms with Crippen molar-refractivity contribution in [1.82, 2.24) is 9.97 Å². The first kappa shape index (κ1) is 14.1. The number of hydrogen-bond donors (Lipinski definition) is 1. The molecule has 2 atom stereocenters. The number of rotatable bonds is 3. The van der Waals surface area contributed by atoms with E-state index in [-0.39, 0.29) is 0 Å². The van der Waals surface area contributed by atoms with Crippen LogP contribution in [0.25, 0.3) is 0 Å². The molecule has 1 aromatic heterocycles. The molecule has 1 aromatic carbocycles. The van der Waals surface area contributed by atoms with Crippen molar-refractivity contribution in [2.24, 2.45) is 0 Å². The zero-order valence-corrected chi connectivity index (χ0v) is 13.0. The second kappa shape index (κ2) is 5.90. The number of nitrogens with zero attached hydrogens (tertiary/aromatic N) is 3. The highest BCUT2D eigenvalue weighted by atomic mass is 35.5. The fourth-order valence-corrected chi connectivity index (χ4v) is 3.40. The maximum atomic E-state index is 6.17. The fourth-order valence-electron chi connectivity index (χ4n) is 3.17. The Labute approximate surface area is 130 Å². The van der Waals surface area contributed by atoms with Gasteiger partial charge < -0.3 is 10.2 Å². The van der Waals surface area contributed by atoms with Gasteiger partial charge in [0.05, 0.1) is 0 Å². The summed E-state index contributed by atoms with van der Waals surface area (Å²) in [6.45, 7) is 3.23. The molecule has 3 rings (SSSR count). The molecule has 2 unspecified atom stereocenters. The Morgan fingerprint density at radius 3 is 2.71 bits per heavy atom. The normalized spacial score (nSPS) is 21.6. The Morgan fingerprint density at radius 1 is 1.24 bits per heavy atom. The zero-order valence-electron chi connectivity index (χ0n) is 12.3. The highest BCUT2D eigenvalue weighted by Gasteiger charge is 2.34. The first-order chi connectivity index (χ1) is 10.2. The van der Waals surface area contributed by atoms with Crippen molar-refractivity contribution < 1.29 is 0 Å². The first-order valence-corrected chi connectivity index (χ1v) is 7.60. The van der Waals surface area contributed by atoms with E-state index in [0.717, 1.165) is 24.5 Å². The van der Waals surface area contributed by atoms with Crippen molar-refractivity contribution >= 4 is 23.1 Å². The summed E-state index contributed by atoms with van der Waals surface area (Å²) in [5, 5.41) is 3.59. The van der Waals surface area contributed by atoms with Crippen LogP contribution in [-0.4, -0.2) is 29.6 Å². The Kier molecular flexibility index (Phi) is 3.97. The van der Waals surface area contributed by atoms with Crippen molar-refractivity contribution in [1.29, 1.82) is 0 Å². The van der Waals surface area contributed by atoms with Gasteiger partial charge >= 0.3 is 0 Å². The van der Waals surface area contributed by atoms with Gasteiger partial charge in [-0.2, -0.15) is 0 Å². The van der Waals surface area contributed by atoms with Crippen LogP contribution in [0.4, 0.5) is 11.5 Å². The van der Waals surface area contributed by atoms with Gasteiger partial charge in [-0.3, -0.25) is 0 Å². The fraction of sp³-hybridized carbons (Fsp3) is 0.375. The Bertz CT molecular complexity index is 617. The van der Waals surface area contributed by atoms with Crippen LogP contribution >= 0.6 is 11.6 Å². The molecular formula is C16H19ClN4. The lowest BCUT2D eigenvalue weighted by atomic mass is 9.93. The number of hydrogen-bond acceptors (Lipinski definition) is 4. The van der Waals surface area contributed by atoms with Gasteiger partial charge in [-0.05, 0) is 18.9 Å². The van der Waals surface area contributed by atoms with Crippen LogP contribution < -0.4 is 10.2 Å². The van der Waals surface area contributed by atoms with Crippen molar-refractivity contribution in [3.63, 3.8) is 0 Å². The molecule has 0 radical (unpaired) electrons. The molecule has 0 spiro atoms. The van der Waals surface area contributed by atoms with Gasteiger partial charge in [0.25, 0.3) is 0 Å². The molecule has 1 aliphatic rings. The van der Waals surface area contributed by atoms with E-state index in [4.69, 9.17) is 11.6 Å². The van der Waals surface area contributed by atoms with E-state index in [1.807, 2.05) is 7.05 Å². The van der Waals surface area contributed by atoms with Crippen LogP contribution in [0.5, 0.6) is 0 Å². The summed E-state index contributed by atoms with van der Waals surface area (Å²) in [6, 6.07) is 11.1. The van der Waals surface area contributed by atoms with E-state index in [1.54, 1.807) is 0 Å². The molecule has 1 fully saturated rings. The van der Waals surface area contributed by atoms with E-state index in [0.29, 0.717) is 17.1 Å². The molecule has 0 saturated carbocycles. The molecule has 4 nitrogen and oxygen atoms in total. The van der Waals surface area contributed by atoms with Gasteiger partial charge in [-0.15, -0.1) is 0 Å². The van der Waals surface area contributed by atoms with Crippen LogP contribution in [0.3, 0.4) is 0 Å². The second-order valence-corrected chi connectivity index (χ2v) is 5.71. The largest absolute Gasteiger partial charge is 0.383 e. The quantitative estimate of drug-likeness (QED) is 0.880. The summed E-state index contributed by atoms with van der Waals surface area (Å²) in [5.74, 6) is 1.41. The average molecular weight is 303 g/mol. The first-order valence-electron chi connectivity index (χ1n) is 7.22. The lowest BCUT2D eigenvalue weighted by Gasteiger charge is -2.27. The van der Waals surface area contributed by atoms with Crippen LogP contribution in [0.15, 0.2) is 36.7 Å². The third-order valence-electron chi connectivity index (χ3n) is 4.29. The van der Waals surface area contributed by atoms with Gasteiger partial charge in [0, 0.05) is 25.6 Å². The minimum Gasteiger partial charge on any atom is -0.383 e. The number of aromatic nitrogens is 2. The van der Waals surface area contributed by atoms with Crippen LogP contribution in [0, 0.1) is 0 Å². The van der Waals surface area contributed by atoms with Crippen molar-refractivity contribution in [2.45, 2.75) is 25.3 Å². The summed E-state index contributed by atoms with van der Waals surface area (Å²) in [7, 11) is 1.85. The SMILES string of the molecule is CNc1c(Cl)ncnc1N1CCC(c2ccccc2)C1C. The summed E-state index contributed by atoms with van der Waals surface area (Å²) in [5.41, 5.74) is 2.19. The monoisotopic (exact) mass is 302 g/mol. The van der Waals surface area contributed by atoms with Crippen molar-refractivity contribution in [2.75, 3.05) is 23.8 Å². The van der Waals surface area contributed by atoms with Crippen molar-refractivity contribution in [3.05, 3.63) is 47.4 Å². The molecule has 1 saturated heterocycles. The lowest BCUT2D eigenvalue weighted by molar-refractivity contribution is 0.632. The van der Waals surface area contributed by atoms with Gasteiger partial charge in [-0.25, -0.2) is 9.97 Å². The molecule has 0 amide bonds. The molecule has 2 aromatic rings. The van der Waals surface area contributed by atoms with Gasteiger partial charge in [0.2, 0.25) is 0 Å². The highest BCUT2D eigenvalue weighted by molar-refractivity contribution is 6.32. The maximum absolute atomic E-state index is 6.17. The van der Waals surface area contributed by atoms with Gasteiger partial charge in [-0.1, -0.05) is 41.9 Å². The Morgan fingerprint density at radius 2 is 2.00 bits per heavy atom. The Balaban J connectivity index is 1.91. The molecule has 0 aliphatic carbocycles. The average Bonchev–Trinajstić information content (AvgIpc) is 2.89. The number of benzene rings is 1. The smallest absolute Gasteiger partial charge is 0.157 e. The summed E-state index contributed by atoms with van der Waals surface area (Å²) in [6.07, 6.45) is 2.65. The zero-order chi connectivity index (χ0) is 14.8. The molecule has 1 aliphatic heterocycles. The van der Waals surface area contributed by atoms with Crippen molar-refractivity contribution in [3.8, 4) is 0 Å². The summed E-state index contributed by atoms with van der Waals surface area (Å²) in [4.78, 5) is 10.8. The summed E-state index contributed by atoms with van der Waals surface area (Å²) < 4.78 is 0. The van der Waals surface area contributed by atoms with Gasteiger partial charge in [0.15, 0.2) is 11.0 Å². The van der Waals surface area contributed by atoms with Crippen LogP contribution in [0.2, 0.25) is 5.15 Å². The molecular weight excluding hydrogens is 284 g/mol. The van der Waals surface area contributed by atoms with Crippen LogP contribution in [-0.2, 0) is 0 Å². The second-order valence-electron chi connectivity index (χ2n) is 5.35. The molecule has 1 N–H and O–H groups in total. The topological polar surface area (TPSA) is 41.1 Å². The highest BCUT2D eigenvalue weighted by Crippen LogP contribution is 2.39. The van der Waals surface area contributed by atoms with E-state index < -0.39 is 0 Å². The number of nitrogens with one attached hydrogen (secondary N) is 1. The minimum atomic E-state index is 0.380. The van der Waals surface area contributed by atoms with E-state index in [9.17, 15) is 0 Å². The van der Waals surface area contributed by atoms with Crippen LogP contribution in [0.1, 0.15) is 24.8 Å². The van der Waals surface area contributed by atoms with Gasteiger partial charge in [0.1, 0.15) is 12.0 Å². The predicted octanol–water partition coefficient (Wildman–Crippen LogP) is 3.55. The molecule has 21 heavy (non-hydrogen) atoms. The molecule has 2 heterocycles. The third-order valence-corrected chi connectivity index (χ3v) is 4.57. The molecule has 110 valence electrons. The minimum absolute atomic E-state index is 0.380. The third kappa shape index (κ3) is 2.56. The molecule has 5 heteroatoms. The number of halogens is 1. The predicted molar refractivity (Wildman–Crippen MR) is 87.2 cm³/mol. The standard InChI is InChI=1S/C16H19ClN4/c1-11-13(12-6-4-3-5-7-12)8-9-21(11)16-14(18-2)15(17)19-10-20-16/h3-7,10-11,13,18H,8-9H2,1-2H3.